The second-order valence-electron chi connectivity index (χ2n) is 4.83. The van der Waals surface area contributed by atoms with Gasteiger partial charge in [-0.15, -0.1) is 0 Å². The molecule has 0 saturated carbocycles. The number of alkyl halides is 2. The van der Waals surface area contributed by atoms with E-state index in [-0.39, 0.29) is 5.41 Å². The standard InChI is InChI=1S/C16H14Br2ClI/c17-10-16(11-18,14-3-1-2-4-15(14)19)9-12-5-7-13(20)8-6-12/h1-8H,9-11H2. The van der Waals surface area contributed by atoms with Crippen LogP contribution in [0.1, 0.15) is 11.1 Å². The van der Waals surface area contributed by atoms with Gasteiger partial charge in [0.2, 0.25) is 0 Å². The molecule has 0 N–H and O–H groups in total. The molecule has 20 heavy (non-hydrogen) atoms. The Morgan fingerprint density at radius 1 is 0.950 bits per heavy atom. The summed E-state index contributed by atoms with van der Waals surface area (Å²) in [4.78, 5) is 0. The first-order valence-electron chi connectivity index (χ1n) is 6.23. The van der Waals surface area contributed by atoms with Gasteiger partial charge in [0.25, 0.3) is 0 Å². The monoisotopic (exact) mass is 526 g/mol. The fraction of sp³-hybridized carbons (Fsp3) is 0.250. The summed E-state index contributed by atoms with van der Waals surface area (Å²) in [6.07, 6.45) is 0.949. The molecule has 0 amide bonds. The molecule has 0 unspecified atom stereocenters. The number of rotatable bonds is 5. The highest BCUT2D eigenvalue weighted by molar-refractivity contribution is 14.1. The van der Waals surface area contributed by atoms with E-state index in [4.69, 9.17) is 11.6 Å². The van der Waals surface area contributed by atoms with E-state index in [0.717, 1.165) is 22.1 Å². The van der Waals surface area contributed by atoms with Crippen molar-refractivity contribution in [2.24, 2.45) is 0 Å². The van der Waals surface area contributed by atoms with Crippen molar-refractivity contribution in [3.05, 3.63) is 68.3 Å². The molecule has 0 aliphatic carbocycles. The minimum Gasteiger partial charge on any atom is -0.0918 e. The van der Waals surface area contributed by atoms with Gasteiger partial charge in [0.15, 0.2) is 0 Å². The Bertz CT molecular complexity index is 565. The van der Waals surface area contributed by atoms with Crippen molar-refractivity contribution in [2.75, 3.05) is 10.7 Å². The van der Waals surface area contributed by atoms with Gasteiger partial charge in [0, 0.05) is 24.7 Å². The molecule has 0 saturated heterocycles. The lowest BCUT2D eigenvalue weighted by atomic mass is 9.79. The predicted molar refractivity (Wildman–Crippen MR) is 104 cm³/mol. The molecule has 0 aliphatic rings. The minimum atomic E-state index is -0.0366. The smallest absolute Gasteiger partial charge is 0.0444 e. The molecule has 0 bridgehead atoms. The van der Waals surface area contributed by atoms with Crippen LogP contribution in [0.5, 0.6) is 0 Å². The lowest BCUT2D eigenvalue weighted by molar-refractivity contribution is 0.551. The average molecular weight is 528 g/mol. The van der Waals surface area contributed by atoms with E-state index in [2.05, 4.69) is 90.8 Å². The molecule has 0 heterocycles. The largest absolute Gasteiger partial charge is 0.0918 e. The lowest BCUT2D eigenvalue weighted by Gasteiger charge is -2.32. The maximum absolute atomic E-state index is 6.41. The lowest BCUT2D eigenvalue weighted by Crippen LogP contribution is -2.33. The SMILES string of the molecule is Clc1ccccc1C(CBr)(CBr)Cc1ccc(I)cc1. The van der Waals surface area contributed by atoms with Crippen molar-refractivity contribution in [1.29, 1.82) is 0 Å². The van der Waals surface area contributed by atoms with E-state index < -0.39 is 0 Å². The van der Waals surface area contributed by atoms with E-state index in [9.17, 15) is 0 Å². The molecule has 0 radical (unpaired) electrons. The summed E-state index contributed by atoms with van der Waals surface area (Å²) < 4.78 is 1.26. The Balaban J connectivity index is 2.39. The van der Waals surface area contributed by atoms with Crippen molar-refractivity contribution in [2.45, 2.75) is 11.8 Å². The minimum absolute atomic E-state index is 0.0366. The normalized spacial score (nSPS) is 11.6. The van der Waals surface area contributed by atoms with Gasteiger partial charge in [-0.25, -0.2) is 0 Å². The summed E-state index contributed by atoms with van der Waals surface area (Å²) in [5.74, 6) is 0. The molecular formula is C16H14Br2ClI. The molecule has 2 rings (SSSR count). The van der Waals surface area contributed by atoms with Crippen molar-refractivity contribution >= 4 is 66.1 Å². The van der Waals surface area contributed by atoms with Crippen molar-refractivity contribution in [1.82, 2.24) is 0 Å². The van der Waals surface area contributed by atoms with Crippen LogP contribution in [0.25, 0.3) is 0 Å². The quantitative estimate of drug-likeness (QED) is 0.320. The van der Waals surface area contributed by atoms with E-state index in [1.54, 1.807) is 0 Å². The van der Waals surface area contributed by atoms with Crippen molar-refractivity contribution in [3.8, 4) is 0 Å². The molecule has 2 aromatic carbocycles. The molecule has 0 aromatic heterocycles. The highest BCUT2D eigenvalue weighted by Gasteiger charge is 2.32. The van der Waals surface area contributed by atoms with Crippen LogP contribution in [0.2, 0.25) is 5.02 Å². The zero-order valence-electron chi connectivity index (χ0n) is 10.8. The highest BCUT2D eigenvalue weighted by Crippen LogP contribution is 2.36. The van der Waals surface area contributed by atoms with Crippen LogP contribution >= 0.6 is 66.1 Å². The van der Waals surface area contributed by atoms with Crippen LogP contribution in [-0.4, -0.2) is 10.7 Å². The molecular weight excluding hydrogens is 514 g/mol. The molecule has 0 spiro atoms. The second kappa shape index (κ2) is 7.61. The summed E-state index contributed by atoms with van der Waals surface area (Å²) in [7, 11) is 0. The molecule has 2 aromatic rings. The van der Waals surface area contributed by atoms with Crippen LogP contribution in [0, 0.1) is 3.57 Å². The van der Waals surface area contributed by atoms with Crippen molar-refractivity contribution < 1.29 is 0 Å². The zero-order valence-corrected chi connectivity index (χ0v) is 16.8. The first-order chi connectivity index (χ1) is 9.61. The maximum Gasteiger partial charge on any atom is 0.0444 e. The molecule has 0 fully saturated rings. The zero-order chi connectivity index (χ0) is 14.6. The van der Waals surface area contributed by atoms with Gasteiger partial charge < -0.3 is 0 Å². The van der Waals surface area contributed by atoms with Gasteiger partial charge in [-0.3, -0.25) is 0 Å². The van der Waals surface area contributed by atoms with E-state index in [0.29, 0.717) is 0 Å². The van der Waals surface area contributed by atoms with Crippen LogP contribution in [0.15, 0.2) is 48.5 Å². The number of benzene rings is 2. The number of halogens is 4. The Morgan fingerprint density at radius 2 is 1.55 bits per heavy atom. The molecule has 0 atom stereocenters. The molecule has 4 heteroatoms. The number of hydrogen-bond donors (Lipinski definition) is 0. The fourth-order valence-corrected chi connectivity index (χ4v) is 4.88. The van der Waals surface area contributed by atoms with Crippen LogP contribution < -0.4 is 0 Å². The average Bonchev–Trinajstić information content (AvgIpc) is 2.48. The Kier molecular flexibility index (Phi) is 6.39. The summed E-state index contributed by atoms with van der Waals surface area (Å²) >= 11 is 16.1. The molecule has 106 valence electrons. The van der Waals surface area contributed by atoms with Gasteiger partial charge in [-0.2, -0.15) is 0 Å². The summed E-state index contributed by atoms with van der Waals surface area (Å²) in [6, 6.07) is 16.8. The third-order valence-corrected chi connectivity index (χ3v) is 6.61. The van der Waals surface area contributed by atoms with Gasteiger partial charge in [0.1, 0.15) is 0 Å². The molecule has 0 nitrogen and oxygen atoms in total. The van der Waals surface area contributed by atoms with E-state index in [1.165, 1.54) is 14.7 Å². The predicted octanol–water partition coefficient (Wildman–Crippen LogP) is 6.21. The summed E-state index contributed by atoms with van der Waals surface area (Å²) in [5.41, 5.74) is 2.48. The van der Waals surface area contributed by atoms with Crippen LogP contribution in [0.4, 0.5) is 0 Å². The first-order valence-corrected chi connectivity index (χ1v) is 9.93. The topological polar surface area (TPSA) is 0 Å². The third kappa shape index (κ3) is 3.79. The van der Waals surface area contributed by atoms with Gasteiger partial charge >= 0.3 is 0 Å². The highest BCUT2D eigenvalue weighted by atomic mass is 127. The third-order valence-electron chi connectivity index (χ3n) is 3.41. The van der Waals surface area contributed by atoms with Gasteiger partial charge in [-0.05, 0) is 58.3 Å². The summed E-state index contributed by atoms with van der Waals surface area (Å²) in [5, 5.41) is 2.55. The fourth-order valence-electron chi connectivity index (χ4n) is 2.25. The Hall–Kier alpha value is 0.420. The van der Waals surface area contributed by atoms with Gasteiger partial charge in [-0.1, -0.05) is 73.8 Å². The maximum atomic E-state index is 6.41. The number of hydrogen-bond acceptors (Lipinski definition) is 0. The van der Waals surface area contributed by atoms with Crippen molar-refractivity contribution in [3.63, 3.8) is 0 Å². The Labute approximate surface area is 155 Å². The first kappa shape index (κ1) is 16.8. The molecule has 0 aliphatic heterocycles. The van der Waals surface area contributed by atoms with Gasteiger partial charge in [0.05, 0.1) is 0 Å². The Morgan fingerprint density at radius 3 is 2.10 bits per heavy atom. The van der Waals surface area contributed by atoms with Crippen LogP contribution in [0.3, 0.4) is 0 Å². The summed E-state index contributed by atoms with van der Waals surface area (Å²) in [6.45, 7) is 0. The second-order valence-corrected chi connectivity index (χ2v) is 7.60. The van der Waals surface area contributed by atoms with Crippen LogP contribution in [-0.2, 0) is 11.8 Å². The van der Waals surface area contributed by atoms with E-state index >= 15 is 0 Å². The van der Waals surface area contributed by atoms with E-state index in [1.807, 2.05) is 12.1 Å².